The number of carbonyl (C=O) groups is 1. The number of rotatable bonds is 3. The van der Waals surface area contributed by atoms with Crippen LogP contribution < -0.4 is 5.32 Å². The Hall–Kier alpha value is -2.96. The number of benzene rings is 3. The zero-order chi connectivity index (χ0) is 20.0. The van der Waals surface area contributed by atoms with Gasteiger partial charge in [-0.15, -0.1) is 11.3 Å². The molecule has 0 spiro atoms. The van der Waals surface area contributed by atoms with Gasteiger partial charge in [-0.25, -0.2) is 4.68 Å². The van der Waals surface area contributed by atoms with Gasteiger partial charge in [0, 0.05) is 20.9 Å². The largest absolute Gasteiger partial charge is 0.321 e. The van der Waals surface area contributed by atoms with E-state index in [1.54, 1.807) is 0 Å². The Balaban J connectivity index is 1.53. The van der Waals surface area contributed by atoms with Gasteiger partial charge in [-0.1, -0.05) is 52.3 Å². The van der Waals surface area contributed by atoms with Crippen LogP contribution in [0.3, 0.4) is 0 Å². The Morgan fingerprint density at radius 3 is 2.59 bits per heavy atom. The van der Waals surface area contributed by atoms with Crippen molar-refractivity contribution in [2.75, 3.05) is 5.32 Å². The Morgan fingerprint density at radius 1 is 1.00 bits per heavy atom. The van der Waals surface area contributed by atoms with Crippen LogP contribution in [0.2, 0.25) is 0 Å². The van der Waals surface area contributed by atoms with E-state index in [2.05, 4.69) is 26.3 Å². The second-order valence-electron chi connectivity index (χ2n) is 6.78. The van der Waals surface area contributed by atoms with Crippen LogP contribution in [-0.2, 0) is 0 Å². The molecule has 4 nitrogen and oxygen atoms in total. The zero-order valence-electron chi connectivity index (χ0n) is 15.5. The standard InChI is InChI=1S/C23H16BrN3OS/c1-14-19-13-21(29-23(19)27(26-14)17-11-9-16(24)10-12-17)22(28)25-20-8-4-6-15-5-2-3-7-18(15)20/h2-13H,1H3,(H,25,28). The maximum Gasteiger partial charge on any atom is 0.265 e. The first-order valence-corrected chi connectivity index (χ1v) is 10.8. The van der Waals surface area contributed by atoms with Crippen molar-refractivity contribution < 1.29 is 4.79 Å². The fraction of sp³-hybridized carbons (Fsp3) is 0.0435. The zero-order valence-corrected chi connectivity index (χ0v) is 17.9. The van der Waals surface area contributed by atoms with Crippen molar-refractivity contribution in [2.45, 2.75) is 6.92 Å². The van der Waals surface area contributed by atoms with E-state index in [4.69, 9.17) is 0 Å². The first-order chi connectivity index (χ1) is 14.1. The lowest BCUT2D eigenvalue weighted by atomic mass is 10.1. The number of thiophene rings is 1. The number of anilines is 1. The number of aryl methyl sites for hydroxylation is 1. The number of nitrogens with one attached hydrogen (secondary N) is 1. The molecule has 0 unspecified atom stereocenters. The first kappa shape index (κ1) is 18.1. The molecule has 0 atom stereocenters. The molecule has 1 N–H and O–H groups in total. The molecule has 0 fully saturated rings. The molecule has 1 amide bonds. The number of amides is 1. The number of hydrogen-bond donors (Lipinski definition) is 1. The molecule has 0 saturated heterocycles. The predicted octanol–water partition coefficient (Wildman–Crippen LogP) is 6.56. The minimum Gasteiger partial charge on any atom is -0.321 e. The molecule has 0 radical (unpaired) electrons. The topological polar surface area (TPSA) is 46.9 Å². The van der Waals surface area contributed by atoms with Gasteiger partial charge in [-0.2, -0.15) is 5.10 Å². The van der Waals surface area contributed by atoms with Crippen molar-refractivity contribution in [1.29, 1.82) is 0 Å². The van der Waals surface area contributed by atoms with Gasteiger partial charge in [0.15, 0.2) is 0 Å². The summed E-state index contributed by atoms with van der Waals surface area (Å²) in [7, 11) is 0. The SMILES string of the molecule is Cc1nn(-c2ccc(Br)cc2)c2sc(C(=O)Nc3cccc4ccccc34)cc12. The Labute approximate surface area is 179 Å². The van der Waals surface area contributed by atoms with Crippen LogP contribution in [0.15, 0.2) is 77.3 Å². The van der Waals surface area contributed by atoms with E-state index >= 15 is 0 Å². The van der Waals surface area contributed by atoms with Crippen molar-refractivity contribution in [1.82, 2.24) is 9.78 Å². The fourth-order valence-corrected chi connectivity index (χ4v) is 4.78. The molecule has 0 bridgehead atoms. The molecule has 6 heteroatoms. The van der Waals surface area contributed by atoms with Crippen LogP contribution >= 0.6 is 27.3 Å². The molecule has 0 aliphatic carbocycles. The van der Waals surface area contributed by atoms with Crippen LogP contribution in [-0.4, -0.2) is 15.7 Å². The summed E-state index contributed by atoms with van der Waals surface area (Å²) in [6.45, 7) is 1.97. The smallest absolute Gasteiger partial charge is 0.265 e. The van der Waals surface area contributed by atoms with Crippen LogP contribution in [0.4, 0.5) is 5.69 Å². The van der Waals surface area contributed by atoms with Crippen molar-refractivity contribution in [3.05, 3.63) is 87.8 Å². The quantitative estimate of drug-likeness (QED) is 0.330. The number of nitrogens with zero attached hydrogens (tertiary/aromatic N) is 2. The van der Waals surface area contributed by atoms with Gasteiger partial charge in [0.05, 0.1) is 16.3 Å². The van der Waals surface area contributed by atoms with E-state index in [1.165, 1.54) is 11.3 Å². The Bertz CT molecular complexity index is 1360. The maximum absolute atomic E-state index is 13.0. The lowest BCUT2D eigenvalue weighted by Gasteiger charge is -2.07. The summed E-state index contributed by atoms with van der Waals surface area (Å²) in [6, 6.07) is 23.9. The van der Waals surface area contributed by atoms with E-state index in [9.17, 15) is 4.79 Å². The third-order valence-corrected chi connectivity index (χ3v) is 6.52. The minimum atomic E-state index is -0.107. The summed E-state index contributed by atoms with van der Waals surface area (Å²) in [5.41, 5.74) is 2.69. The third kappa shape index (κ3) is 3.24. The highest BCUT2D eigenvalue weighted by atomic mass is 79.9. The van der Waals surface area contributed by atoms with Gasteiger partial charge in [0.1, 0.15) is 4.83 Å². The van der Waals surface area contributed by atoms with Crippen LogP contribution in [0.5, 0.6) is 0 Å². The van der Waals surface area contributed by atoms with Crippen molar-refractivity contribution in [2.24, 2.45) is 0 Å². The van der Waals surface area contributed by atoms with Crippen molar-refractivity contribution in [3.8, 4) is 5.69 Å². The second kappa shape index (κ2) is 7.13. The number of fused-ring (bicyclic) bond motifs is 2. The summed E-state index contributed by atoms with van der Waals surface area (Å²) < 4.78 is 2.92. The van der Waals surface area contributed by atoms with Crippen LogP contribution in [0.25, 0.3) is 26.7 Å². The van der Waals surface area contributed by atoms with Gasteiger partial charge < -0.3 is 5.32 Å². The average Bonchev–Trinajstić information content (AvgIpc) is 3.30. The maximum atomic E-state index is 13.0. The number of hydrogen-bond acceptors (Lipinski definition) is 3. The minimum absolute atomic E-state index is 0.107. The highest BCUT2D eigenvalue weighted by molar-refractivity contribution is 9.10. The molecule has 0 saturated carbocycles. The first-order valence-electron chi connectivity index (χ1n) is 9.14. The highest BCUT2D eigenvalue weighted by Gasteiger charge is 2.18. The molecule has 0 aliphatic heterocycles. The highest BCUT2D eigenvalue weighted by Crippen LogP contribution is 2.32. The molecule has 2 aromatic heterocycles. The summed E-state index contributed by atoms with van der Waals surface area (Å²) in [6.07, 6.45) is 0. The number of halogens is 1. The molecule has 142 valence electrons. The van der Waals surface area contributed by atoms with Crippen LogP contribution in [0.1, 0.15) is 15.4 Å². The van der Waals surface area contributed by atoms with Gasteiger partial charge in [0.2, 0.25) is 0 Å². The third-order valence-electron chi connectivity index (χ3n) is 4.88. The normalized spacial score (nSPS) is 11.2. The average molecular weight is 462 g/mol. The van der Waals surface area contributed by atoms with Crippen LogP contribution in [0, 0.1) is 6.92 Å². The van der Waals surface area contributed by atoms with Gasteiger partial charge in [0.25, 0.3) is 5.91 Å². The fourth-order valence-electron chi connectivity index (χ4n) is 3.43. The van der Waals surface area contributed by atoms with E-state index in [1.807, 2.05) is 84.4 Å². The molecule has 29 heavy (non-hydrogen) atoms. The predicted molar refractivity (Wildman–Crippen MR) is 123 cm³/mol. The summed E-state index contributed by atoms with van der Waals surface area (Å²) in [5.74, 6) is -0.107. The molecule has 5 aromatic rings. The van der Waals surface area contributed by atoms with Gasteiger partial charge in [-0.3, -0.25) is 4.79 Å². The molecule has 5 rings (SSSR count). The second-order valence-corrected chi connectivity index (χ2v) is 8.73. The number of aromatic nitrogens is 2. The summed E-state index contributed by atoms with van der Waals surface area (Å²) >= 11 is 4.92. The molecule has 3 aromatic carbocycles. The van der Waals surface area contributed by atoms with E-state index < -0.39 is 0 Å². The summed E-state index contributed by atoms with van der Waals surface area (Å²) in [4.78, 5) is 14.6. The van der Waals surface area contributed by atoms with E-state index in [0.29, 0.717) is 4.88 Å². The van der Waals surface area contributed by atoms with Crippen molar-refractivity contribution >= 4 is 59.9 Å². The monoisotopic (exact) mass is 461 g/mol. The lowest BCUT2D eigenvalue weighted by Crippen LogP contribution is -2.10. The van der Waals surface area contributed by atoms with Gasteiger partial charge in [-0.05, 0) is 48.7 Å². The van der Waals surface area contributed by atoms with Crippen molar-refractivity contribution in [3.63, 3.8) is 0 Å². The molecule has 0 aliphatic rings. The molecule has 2 heterocycles. The lowest BCUT2D eigenvalue weighted by molar-refractivity contribution is 0.103. The Morgan fingerprint density at radius 2 is 1.76 bits per heavy atom. The molecular weight excluding hydrogens is 446 g/mol. The van der Waals surface area contributed by atoms with E-state index in [-0.39, 0.29) is 5.91 Å². The van der Waals surface area contributed by atoms with Gasteiger partial charge >= 0.3 is 0 Å². The molecular formula is C23H16BrN3OS. The van der Waals surface area contributed by atoms with E-state index in [0.717, 1.165) is 42.5 Å². The number of carbonyl (C=O) groups excluding carboxylic acids is 1. The summed E-state index contributed by atoms with van der Waals surface area (Å²) in [5, 5.41) is 10.9. The Kier molecular flexibility index (Phi) is 4.45.